The lowest BCUT2D eigenvalue weighted by atomic mass is 10.1. The Bertz CT molecular complexity index is 284. The summed E-state index contributed by atoms with van der Waals surface area (Å²) >= 11 is 0. The Morgan fingerprint density at radius 3 is 2.79 bits per heavy atom. The zero-order valence-corrected chi connectivity index (χ0v) is 8.94. The van der Waals surface area contributed by atoms with Crippen LogP contribution in [0.3, 0.4) is 0 Å². The van der Waals surface area contributed by atoms with Crippen LogP contribution in [-0.2, 0) is 6.54 Å². The van der Waals surface area contributed by atoms with Crippen molar-refractivity contribution in [1.29, 1.82) is 0 Å². The highest BCUT2D eigenvalue weighted by molar-refractivity contribution is 5.23. The Morgan fingerprint density at radius 2 is 2.14 bits per heavy atom. The molecule has 0 aliphatic rings. The lowest BCUT2D eigenvalue weighted by Gasteiger charge is -2.05. The first-order valence-electron chi connectivity index (χ1n) is 5.19. The number of benzene rings is 1. The molecule has 0 bridgehead atoms. The monoisotopic (exact) mass is 195 g/mol. The second-order valence-corrected chi connectivity index (χ2v) is 3.61. The molecule has 0 unspecified atom stereocenters. The van der Waals surface area contributed by atoms with E-state index in [0.717, 1.165) is 24.2 Å². The van der Waals surface area contributed by atoms with Crippen molar-refractivity contribution in [2.75, 3.05) is 6.54 Å². The minimum absolute atomic E-state index is 0.123. The smallest absolute Gasteiger partial charge is 0.126 e. The zero-order valence-electron chi connectivity index (χ0n) is 8.94. The Kier molecular flexibility index (Phi) is 4.60. The molecule has 0 spiro atoms. The molecule has 78 valence electrons. The summed E-state index contributed by atoms with van der Waals surface area (Å²) in [6.07, 6.45) is 2.40. The zero-order chi connectivity index (χ0) is 10.4. The van der Waals surface area contributed by atoms with Gasteiger partial charge in [0, 0.05) is 6.54 Å². The van der Waals surface area contributed by atoms with Crippen molar-refractivity contribution in [1.82, 2.24) is 5.32 Å². The Hall–Kier alpha value is -0.890. The molecule has 0 saturated carbocycles. The van der Waals surface area contributed by atoms with Gasteiger partial charge in [0.15, 0.2) is 0 Å². The molecule has 0 aliphatic carbocycles. The number of hydrogen-bond acceptors (Lipinski definition) is 1. The van der Waals surface area contributed by atoms with Gasteiger partial charge >= 0.3 is 0 Å². The third kappa shape index (κ3) is 3.46. The summed E-state index contributed by atoms with van der Waals surface area (Å²) in [6.45, 7) is 5.84. The van der Waals surface area contributed by atoms with Gasteiger partial charge in [0.2, 0.25) is 0 Å². The van der Waals surface area contributed by atoms with E-state index >= 15 is 0 Å². The van der Waals surface area contributed by atoms with Gasteiger partial charge in [-0.15, -0.1) is 0 Å². The van der Waals surface area contributed by atoms with E-state index < -0.39 is 0 Å². The second kappa shape index (κ2) is 5.76. The van der Waals surface area contributed by atoms with Gasteiger partial charge in [-0.2, -0.15) is 0 Å². The average Bonchev–Trinajstić information content (AvgIpc) is 2.18. The van der Waals surface area contributed by atoms with Crippen LogP contribution >= 0.6 is 0 Å². The number of unbranched alkanes of at least 4 members (excludes halogenated alkanes) is 1. The van der Waals surface area contributed by atoms with Crippen molar-refractivity contribution in [2.24, 2.45) is 0 Å². The van der Waals surface area contributed by atoms with Gasteiger partial charge in [-0.05, 0) is 37.1 Å². The van der Waals surface area contributed by atoms with Gasteiger partial charge in [0.05, 0.1) is 0 Å². The highest BCUT2D eigenvalue weighted by Crippen LogP contribution is 2.08. The third-order valence-electron chi connectivity index (χ3n) is 2.26. The number of halogens is 1. The number of hydrogen-bond donors (Lipinski definition) is 1. The SMILES string of the molecule is CCCCNCc1ccc(F)c(C)c1. The quantitative estimate of drug-likeness (QED) is 0.712. The van der Waals surface area contributed by atoms with Crippen LogP contribution in [-0.4, -0.2) is 6.54 Å². The first kappa shape index (κ1) is 11.2. The fraction of sp³-hybridized carbons (Fsp3) is 0.500. The lowest BCUT2D eigenvalue weighted by molar-refractivity contribution is 0.613. The Balaban J connectivity index is 2.39. The summed E-state index contributed by atoms with van der Waals surface area (Å²) in [5, 5.41) is 3.33. The average molecular weight is 195 g/mol. The molecule has 1 aromatic carbocycles. The van der Waals surface area contributed by atoms with E-state index in [0.29, 0.717) is 0 Å². The summed E-state index contributed by atoms with van der Waals surface area (Å²) in [5.74, 6) is -0.123. The minimum atomic E-state index is -0.123. The number of nitrogens with one attached hydrogen (secondary N) is 1. The molecule has 0 heterocycles. The van der Waals surface area contributed by atoms with E-state index in [-0.39, 0.29) is 5.82 Å². The molecule has 0 aliphatic heterocycles. The highest BCUT2D eigenvalue weighted by atomic mass is 19.1. The molecule has 1 rings (SSSR count). The summed E-state index contributed by atoms with van der Waals surface area (Å²) in [5.41, 5.74) is 1.87. The molecule has 0 atom stereocenters. The maximum Gasteiger partial charge on any atom is 0.126 e. The first-order chi connectivity index (χ1) is 6.74. The van der Waals surface area contributed by atoms with Gasteiger partial charge in [0.25, 0.3) is 0 Å². The predicted octanol–water partition coefficient (Wildman–Crippen LogP) is 3.02. The van der Waals surface area contributed by atoms with Crippen LogP contribution < -0.4 is 5.32 Å². The molecular formula is C12H18FN. The first-order valence-corrected chi connectivity index (χ1v) is 5.19. The van der Waals surface area contributed by atoms with E-state index in [2.05, 4.69) is 12.2 Å². The van der Waals surface area contributed by atoms with Crippen LogP contribution in [0.25, 0.3) is 0 Å². The molecule has 1 nitrogen and oxygen atoms in total. The highest BCUT2D eigenvalue weighted by Gasteiger charge is 1.98. The van der Waals surface area contributed by atoms with Crippen molar-refractivity contribution in [3.63, 3.8) is 0 Å². The van der Waals surface area contributed by atoms with Crippen molar-refractivity contribution in [2.45, 2.75) is 33.2 Å². The molecule has 0 saturated heterocycles. The molecular weight excluding hydrogens is 177 g/mol. The molecule has 0 fully saturated rings. The van der Waals surface area contributed by atoms with Crippen LogP contribution in [0.2, 0.25) is 0 Å². The largest absolute Gasteiger partial charge is 0.313 e. The minimum Gasteiger partial charge on any atom is -0.313 e. The molecule has 1 aromatic rings. The lowest BCUT2D eigenvalue weighted by Crippen LogP contribution is -2.14. The van der Waals surface area contributed by atoms with Crippen LogP contribution in [0.5, 0.6) is 0 Å². The molecule has 1 N–H and O–H groups in total. The molecule has 0 amide bonds. The fourth-order valence-corrected chi connectivity index (χ4v) is 1.35. The van der Waals surface area contributed by atoms with Gasteiger partial charge in [0.1, 0.15) is 5.82 Å². The van der Waals surface area contributed by atoms with Crippen molar-refractivity contribution < 1.29 is 4.39 Å². The van der Waals surface area contributed by atoms with Gasteiger partial charge in [-0.25, -0.2) is 4.39 Å². The van der Waals surface area contributed by atoms with Crippen LogP contribution in [0.1, 0.15) is 30.9 Å². The van der Waals surface area contributed by atoms with E-state index in [9.17, 15) is 4.39 Å². The van der Waals surface area contributed by atoms with Crippen LogP contribution in [0.4, 0.5) is 4.39 Å². The summed E-state index contributed by atoms with van der Waals surface area (Å²) in [6, 6.07) is 5.27. The van der Waals surface area contributed by atoms with E-state index in [1.165, 1.54) is 18.9 Å². The molecule has 2 heteroatoms. The number of rotatable bonds is 5. The van der Waals surface area contributed by atoms with Crippen LogP contribution in [0, 0.1) is 12.7 Å². The van der Waals surface area contributed by atoms with Crippen LogP contribution in [0.15, 0.2) is 18.2 Å². The van der Waals surface area contributed by atoms with Crippen molar-refractivity contribution in [3.8, 4) is 0 Å². The summed E-state index contributed by atoms with van der Waals surface area (Å²) in [7, 11) is 0. The van der Waals surface area contributed by atoms with E-state index in [1.807, 2.05) is 12.1 Å². The van der Waals surface area contributed by atoms with Gasteiger partial charge in [-0.3, -0.25) is 0 Å². The standard InChI is InChI=1S/C12H18FN/c1-3-4-7-14-9-11-5-6-12(13)10(2)8-11/h5-6,8,14H,3-4,7,9H2,1-2H3. The maximum absolute atomic E-state index is 12.9. The van der Waals surface area contributed by atoms with Gasteiger partial charge in [-0.1, -0.05) is 25.5 Å². The van der Waals surface area contributed by atoms with Crippen molar-refractivity contribution in [3.05, 3.63) is 35.1 Å². The summed E-state index contributed by atoms with van der Waals surface area (Å²) < 4.78 is 12.9. The molecule has 0 aromatic heterocycles. The Labute approximate surface area is 85.3 Å². The number of aryl methyl sites for hydroxylation is 1. The summed E-state index contributed by atoms with van der Waals surface area (Å²) in [4.78, 5) is 0. The third-order valence-corrected chi connectivity index (χ3v) is 2.26. The Morgan fingerprint density at radius 1 is 1.36 bits per heavy atom. The maximum atomic E-state index is 12.9. The topological polar surface area (TPSA) is 12.0 Å². The predicted molar refractivity (Wildman–Crippen MR) is 57.8 cm³/mol. The normalized spacial score (nSPS) is 10.5. The molecule has 0 radical (unpaired) electrons. The second-order valence-electron chi connectivity index (χ2n) is 3.61. The van der Waals surface area contributed by atoms with E-state index in [1.54, 1.807) is 6.92 Å². The van der Waals surface area contributed by atoms with Crippen molar-refractivity contribution >= 4 is 0 Å². The van der Waals surface area contributed by atoms with Gasteiger partial charge < -0.3 is 5.32 Å². The fourth-order valence-electron chi connectivity index (χ4n) is 1.35. The van der Waals surface area contributed by atoms with E-state index in [4.69, 9.17) is 0 Å². The molecule has 14 heavy (non-hydrogen) atoms.